The molecule has 0 bridgehead atoms. The molecule has 2 aliphatic rings. The summed E-state index contributed by atoms with van der Waals surface area (Å²) in [5.41, 5.74) is 1.49. The zero-order chi connectivity index (χ0) is 31.8. The van der Waals surface area contributed by atoms with E-state index in [0.717, 1.165) is 12.8 Å². The molecular formula is C32H29FN8O5. The summed E-state index contributed by atoms with van der Waals surface area (Å²) in [5, 5.41) is 8.05. The van der Waals surface area contributed by atoms with Crippen LogP contribution < -0.4 is 24.3 Å². The number of amides is 1. The van der Waals surface area contributed by atoms with Crippen LogP contribution in [-0.2, 0) is 4.79 Å². The van der Waals surface area contributed by atoms with Gasteiger partial charge in [-0.25, -0.2) is 29.0 Å². The molecule has 234 valence electrons. The second-order valence-corrected chi connectivity index (χ2v) is 11.2. The van der Waals surface area contributed by atoms with Crippen molar-refractivity contribution in [2.75, 3.05) is 32.6 Å². The number of nitrogens with one attached hydrogen (secondary N) is 1. The Labute approximate surface area is 262 Å². The van der Waals surface area contributed by atoms with Gasteiger partial charge in [-0.05, 0) is 37.1 Å². The van der Waals surface area contributed by atoms with Crippen molar-refractivity contribution in [1.29, 1.82) is 0 Å². The third kappa shape index (κ3) is 5.49. The summed E-state index contributed by atoms with van der Waals surface area (Å²) < 4.78 is 39.5. The van der Waals surface area contributed by atoms with Crippen LogP contribution in [0.4, 0.5) is 15.9 Å². The number of hydrogen-bond donors (Lipinski definition) is 1. The van der Waals surface area contributed by atoms with E-state index < -0.39 is 5.82 Å². The number of nitrogens with zero attached hydrogens (tertiary/aromatic N) is 7. The molecule has 0 unspecified atom stereocenters. The van der Waals surface area contributed by atoms with Crippen LogP contribution in [0.25, 0.3) is 16.6 Å². The van der Waals surface area contributed by atoms with Crippen LogP contribution in [0.5, 0.6) is 29.1 Å². The number of halogens is 1. The summed E-state index contributed by atoms with van der Waals surface area (Å²) in [6, 6.07) is 9.89. The second-order valence-electron chi connectivity index (χ2n) is 11.2. The first-order chi connectivity index (χ1) is 22.3. The van der Waals surface area contributed by atoms with Crippen LogP contribution >= 0.6 is 0 Å². The zero-order valence-electron chi connectivity index (χ0n) is 25.0. The van der Waals surface area contributed by atoms with Crippen LogP contribution in [-0.4, -0.2) is 73.9 Å². The molecule has 46 heavy (non-hydrogen) atoms. The molecule has 13 nitrogen and oxygen atoms in total. The van der Waals surface area contributed by atoms with E-state index in [9.17, 15) is 4.79 Å². The van der Waals surface area contributed by atoms with Gasteiger partial charge in [0.1, 0.15) is 35.5 Å². The quantitative estimate of drug-likeness (QED) is 0.213. The van der Waals surface area contributed by atoms with Crippen molar-refractivity contribution < 1.29 is 28.1 Å². The van der Waals surface area contributed by atoms with E-state index in [4.69, 9.17) is 18.9 Å². The number of rotatable bonds is 10. The molecule has 2 fully saturated rings. The molecule has 1 saturated heterocycles. The fraction of sp³-hybridized carbons (Fsp3) is 0.250. The van der Waals surface area contributed by atoms with Crippen LogP contribution in [0, 0.1) is 11.2 Å². The van der Waals surface area contributed by atoms with Crippen molar-refractivity contribution in [3.63, 3.8) is 0 Å². The number of anilines is 2. The van der Waals surface area contributed by atoms with Crippen molar-refractivity contribution in [3.8, 4) is 34.8 Å². The van der Waals surface area contributed by atoms with Crippen LogP contribution in [0.1, 0.15) is 12.8 Å². The molecule has 3 aromatic heterocycles. The molecule has 1 amide bonds. The number of aromatic nitrogens is 6. The summed E-state index contributed by atoms with van der Waals surface area (Å²) in [6.07, 6.45) is 9.19. The molecule has 7 rings (SSSR count). The van der Waals surface area contributed by atoms with Crippen LogP contribution in [0.15, 0.2) is 74.0 Å². The minimum Gasteiger partial charge on any atom is -0.493 e. The summed E-state index contributed by atoms with van der Waals surface area (Å²) in [5.74, 6) is 1.39. The number of ether oxygens (including phenoxy) is 4. The number of carbonyl (C=O) groups excluding carboxylic acids is 1. The number of methoxy groups -OCH3 is 2. The minimum absolute atomic E-state index is 0.0192. The molecule has 5 aromatic rings. The SMILES string of the molecule is C=CC(=O)N1CC2(CC(Oc3cc4c(Nc5ccc(Oc6ccn(-c7cnc(OC)nc7)n6)cc5F)ncnc4cc3OC)C2)C1. The number of likely N-dealkylation sites (tertiary alicyclic amines) is 1. The summed E-state index contributed by atoms with van der Waals surface area (Å²) in [6.45, 7) is 4.99. The predicted molar refractivity (Wildman–Crippen MR) is 164 cm³/mol. The molecular weight excluding hydrogens is 595 g/mol. The lowest BCUT2D eigenvalue weighted by atomic mass is 9.61. The average molecular weight is 625 g/mol. The number of carbonyl (C=O) groups is 1. The Morgan fingerprint density at radius 1 is 1.04 bits per heavy atom. The van der Waals surface area contributed by atoms with Gasteiger partial charge in [0, 0.05) is 48.3 Å². The van der Waals surface area contributed by atoms with Crippen LogP contribution in [0.2, 0.25) is 0 Å². The minimum atomic E-state index is -0.554. The first-order valence-corrected chi connectivity index (χ1v) is 14.4. The average Bonchev–Trinajstić information content (AvgIpc) is 3.50. The van der Waals surface area contributed by atoms with Gasteiger partial charge in [0.05, 0.1) is 37.8 Å². The molecule has 4 heterocycles. The lowest BCUT2D eigenvalue weighted by Gasteiger charge is -2.58. The van der Waals surface area contributed by atoms with E-state index in [-0.39, 0.29) is 40.8 Å². The highest BCUT2D eigenvalue weighted by atomic mass is 19.1. The second kappa shape index (κ2) is 11.6. The molecule has 0 radical (unpaired) electrons. The highest BCUT2D eigenvalue weighted by Crippen LogP contribution is 2.50. The Morgan fingerprint density at radius 3 is 2.57 bits per heavy atom. The van der Waals surface area contributed by atoms with Gasteiger partial charge in [-0.15, -0.1) is 5.10 Å². The molecule has 1 aliphatic carbocycles. The Kier molecular flexibility index (Phi) is 7.31. The Morgan fingerprint density at radius 2 is 1.85 bits per heavy atom. The highest BCUT2D eigenvalue weighted by molar-refractivity contribution is 5.93. The predicted octanol–water partition coefficient (Wildman–Crippen LogP) is 4.85. The smallest absolute Gasteiger partial charge is 0.316 e. The van der Waals surface area contributed by atoms with Gasteiger partial charge >= 0.3 is 6.01 Å². The molecule has 1 N–H and O–H groups in total. The maximum absolute atomic E-state index is 15.3. The number of hydrogen-bond acceptors (Lipinski definition) is 11. The van der Waals surface area contributed by atoms with Gasteiger partial charge in [-0.2, -0.15) is 0 Å². The molecule has 1 spiro atoms. The third-order valence-corrected chi connectivity index (χ3v) is 8.12. The van der Waals surface area contributed by atoms with Crippen molar-refractivity contribution in [3.05, 3.63) is 79.8 Å². The fourth-order valence-electron chi connectivity index (χ4n) is 5.84. The van der Waals surface area contributed by atoms with Crippen LogP contribution in [0.3, 0.4) is 0 Å². The van der Waals surface area contributed by atoms with Crippen molar-refractivity contribution in [1.82, 2.24) is 34.6 Å². The number of benzene rings is 2. The Balaban J connectivity index is 1.05. The van der Waals surface area contributed by atoms with Crippen molar-refractivity contribution >= 4 is 28.3 Å². The maximum atomic E-state index is 15.3. The number of fused-ring (bicyclic) bond motifs is 1. The fourth-order valence-corrected chi connectivity index (χ4v) is 5.84. The van der Waals surface area contributed by atoms with E-state index in [0.29, 0.717) is 47.0 Å². The van der Waals surface area contributed by atoms with Gasteiger partial charge in [-0.3, -0.25) is 4.79 Å². The molecule has 14 heteroatoms. The van der Waals surface area contributed by atoms with E-state index in [1.165, 1.54) is 30.3 Å². The van der Waals surface area contributed by atoms with Gasteiger partial charge < -0.3 is 29.2 Å². The normalized spacial score (nSPS) is 15.2. The van der Waals surface area contributed by atoms with Gasteiger partial charge in [0.25, 0.3) is 0 Å². The van der Waals surface area contributed by atoms with Crippen molar-refractivity contribution in [2.24, 2.45) is 5.41 Å². The van der Waals surface area contributed by atoms with Gasteiger partial charge in [0.2, 0.25) is 11.8 Å². The third-order valence-electron chi connectivity index (χ3n) is 8.12. The summed E-state index contributed by atoms with van der Waals surface area (Å²) >= 11 is 0. The lowest BCUT2D eigenvalue weighted by molar-refractivity contribution is -0.155. The molecule has 1 saturated carbocycles. The molecule has 0 atom stereocenters. The summed E-state index contributed by atoms with van der Waals surface area (Å²) in [4.78, 5) is 30.5. The maximum Gasteiger partial charge on any atom is 0.316 e. The Hall–Kier alpha value is -5.79. The zero-order valence-corrected chi connectivity index (χ0v) is 25.0. The highest BCUT2D eigenvalue weighted by Gasteiger charge is 2.54. The van der Waals surface area contributed by atoms with E-state index in [1.807, 2.05) is 0 Å². The summed E-state index contributed by atoms with van der Waals surface area (Å²) in [7, 11) is 3.05. The van der Waals surface area contributed by atoms with Gasteiger partial charge in [0.15, 0.2) is 11.5 Å². The van der Waals surface area contributed by atoms with E-state index in [1.54, 1.807) is 60.9 Å². The van der Waals surface area contributed by atoms with Gasteiger partial charge in [-0.1, -0.05) is 6.58 Å². The monoisotopic (exact) mass is 624 g/mol. The Bertz CT molecular complexity index is 1940. The lowest BCUT2D eigenvalue weighted by Crippen LogP contribution is -2.65. The molecule has 2 aromatic carbocycles. The topological polar surface area (TPSA) is 139 Å². The first kappa shape index (κ1) is 29.0. The van der Waals surface area contributed by atoms with Crippen molar-refractivity contribution in [2.45, 2.75) is 18.9 Å². The largest absolute Gasteiger partial charge is 0.493 e. The van der Waals surface area contributed by atoms with E-state index >= 15 is 4.39 Å². The molecule has 1 aliphatic heterocycles. The standard InChI is InChI=1S/C32H29FN8O5/c1-4-29(42)40-16-32(17-40)12-21(13-32)45-27-10-22-25(11-26(27)43-2)36-18-37-30(22)38-24-6-5-20(9-23(24)33)46-28-7-8-41(39-28)19-14-34-31(44-3)35-15-19/h4-11,14-15,18,21H,1,12-13,16-17H2,2-3H3,(H,36,37,38). The first-order valence-electron chi connectivity index (χ1n) is 14.4. The van der Waals surface area contributed by atoms with E-state index in [2.05, 4.69) is 36.9 Å².